The van der Waals surface area contributed by atoms with Gasteiger partial charge in [-0.05, 0) is 48.6 Å². The fourth-order valence-corrected chi connectivity index (χ4v) is 3.10. The van der Waals surface area contributed by atoms with Crippen LogP contribution in [0.2, 0.25) is 0 Å². The van der Waals surface area contributed by atoms with Gasteiger partial charge in [0.05, 0.1) is 0 Å². The Morgan fingerprint density at radius 3 is 2.37 bits per heavy atom. The number of hydrogen-bond acceptors (Lipinski definition) is 2. The van der Waals surface area contributed by atoms with Crippen LogP contribution in [0, 0.1) is 0 Å². The SMILES string of the molecule is CN(c1ccc2ccccc2c1)C1CCC(N)CC1. The van der Waals surface area contributed by atoms with Gasteiger partial charge in [-0.1, -0.05) is 30.3 Å². The van der Waals surface area contributed by atoms with Gasteiger partial charge in [-0.25, -0.2) is 0 Å². The van der Waals surface area contributed by atoms with Crippen LogP contribution in [0.5, 0.6) is 0 Å². The molecule has 0 amide bonds. The zero-order valence-electron chi connectivity index (χ0n) is 11.5. The van der Waals surface area contributed by atoms with Crippen molar-refractivity contribution in [3.05, 3.63) is 42.5 Å². The van der Waals surface area contributed by atoms with Crippen LogP contribution in [0.25, 0.3) is 10.8 Å². The van der Waals surface area contributed by atoms with Crippen molar-refractivity contribution in [2.75, 3.05) is 11.9 Å². The normalized spacial score (nSPS) is 23.5. The minimum Gasteiger partial charge on any atom is -0.372 e. The van der Waals surface area contributed by atoms with E-state index < -0.39 is 0 Å². The maximum Gasteiger partial charge on any atom is 0.0372 e. The lowest BCUT2D eigenvalue weighted by atomic mass is 9.90. The van der Waals surface area contributed by atoms with E-state index in [-0.39, 0.29) is 0 Å². The molecule has 1 saturated carbocycles. The second-order valence-corrected chi connectivity index (χ2v) is 5.71. The Kier molecular flexibility index (Phi) is 3.43. The molecule has 1 fully saturated rings. The molecule has 2 nitrogen and oxygen atoms in total. The molecular weight excluding hydrogens is 232 g/mol. The molecule has 19 heavy (non-hydrogen) atoms. The molecule has 0 heterocycles. The number of fused-ring (bicyclic) bond motifs is 1. The quantitative estimate of drug-likeness (QED) is 0.888. The number of rotatable bonds is 2. The Morgan fingerprint density at radius 2 is 1.63 bits per heavy atom. The first-order chi connectivity index (χ1) is 9.24. The van der Waals surface area contributed by atoms with Gasteiger partial charge in [0.1, 0.15) is 0 Å². The summed E-state index contributed by atoms with van der Waals surface area (Å²) in [5.74, 6) is 0. The molecule has 2 aromatic rings. The zero-order valence-corrected chi connectivity index (χ0v) is 11.5. The highest BCUT2D eigenvalue weighted by Crippen LogP contribution is 2.28. The van der Waals surface area contributed by atoms with Crippen molar-refractivity contribution in [2.45, 2.75) is 37.8 Å². The Morgan fingerprint density at radius 1 is 0.947 bits per heavy atom. The summed E-state index contributed by atoms with van der Waals surface area (Å²) >= 11 is 0. The van der Waals surface area contributed by atoms with Gasteiger partial charge >= 0.3 is 0 Å². The molecule has 0 spiro atoms. The molecule has 0 bridgehead atoms. The van der Waals surface area contributed by atoms with Crippen LogP contribution in [-0.4, -0.2) is 19.1 Å². The highest BCUT2D eigenvalue weighted by atomic mass is 15.1. The highest BCUT2D eigenvalue weighted by Gasteiger charge is 2.22. The molecule has 0 radical (unpaired) electrons. The predicted molar refractivity (Wildman–Crippen MR) is 82.6 cm³/mol. The Bertz CT molecular complexity index is 556. The summed E-state index contributed by atoms with van der Waals surface area (Å²) in [6.45, 7) is 0. The topological polar surface area (TPSA) is 29.3 Å². The van der Waals surface area contributed by atoms with Crippen LogP contribution in [0.4, 0.5) is 5.69 Å². The predicted octanol–water partition coefficient (Wildman–Crippen LogP) is 3.55. The molecule has 0 aromatic heterocycles. The first-order valence-corrected chi connectivity index (χ1v) is 7.21. The third kappa shape index (κ3) is 2.59. The Labute approximate surface area is 115 Å². The Hall–Kier alpha value is -1.54. The summed E-state index contributed by atoms with van der Waals surface area (Å²) < 4.78 is 0. The van der Waals surface area contributed by atoms with Gasteiger partial charge in [-0.3, -0.25) is 0 Å². The molecule has 0 unspecified atom stereocenters. The summed E-state index contributed by atoms with van der Waals surface area (Å²) in [7, 11) is 2.21. The molecule has 0 saturated heterocycles. The standard InChI is InChI=1S/C17H22N2/c1-19(16-10-7-15(18)8-11-16)17-9-6-13-4-2-3-5-14(13)12-17/h2-6,9,12,15-16H,7-8,10-11,18H2,1H3. The van der Waals surface area contributed by atoms with Crippen molar-refractivity contribution >= 4 is 16.5 Å². The van der Waals surface area contributed by atoms with Crippen LogP contribution in [0.3, 0.4) is 0 Å². The second-order valence-electron chi connectivity index (χ2n) is 5.71. The smallest absolute Gasteiger partial charge is 0.0372 e. The molecule has 100 valence electrons. The summed E-state index contributed by atoms with van der Waals surface area (Å²) in [6.07, 6.45) is 4.74. The highest BCUT2D eigenvalue weighted by molar-refractivity contribution is 5.85. The number of hydrogen-bond donors (Lipinski definition) is 1. The van der Waals surface area contributed by atoms with Crippen LogP contribution in [0.1, 0.15) is 25.7 Å². The molecule has 0 atom stereocenters. The van der Waals surface area contributed by atoms with Crippen LogP contribution in [0.15, 0.2) is 42.5 Å². The van der Waals surface area contributed by atoms with E-state index in [0.717, 1.165) is 12.8 Å². The third-order valence-corrected chi connectivity index (χ3v) is 4.43. The molecule has 2 N–H and O–H groups in total. The number of anilines is 1. The monoisotopic (exact) mass is 254 g/mol. The van der Waals surface area contributed by atoms with E-state index in [0.29, 0.717) is 12.1 Å². The van der Waals surface area contributed by atoms with Crippen molar-refractivity contribution < 1.29 is 0 Å². The molecule has 2 aromatic carbocycles. The van der Waals surface area contributed by atoms with E-state index >= 15 is 0 Å². The van der Waals surface area contributed by atoms with E-state index in [1.165, 1.54) is 29.3 Å². The largest absolute Gasteiger partial charge is 0.372 e. The Balaban J connectivity index is 1.83. The molecule has 1 aliphatic rings. The van der Waals surface area contributed by atoms with E-state index in [1.807, 2.05) is 0 Å². The third-order valence-electron chi connectivity index (χ3n) is 4.43. The minimum atomic E-state index is 0.418. The van der Waals surface area contributed by atoms with Gasteiger partial charge in [0.25, 0.3) is 0 Å². The van der Waals surface area contributed by atoms with Crippen molar-refractivity contribution in [1.29, 1.82) is 0 Å². The van der Waals surface area contributed by atoms with Gasteiger partial charge < -0.3 is 10.6 Å². The summed E-state index contributed by atoms with van der Waals surface area (Å²) in [6, 6.07) is 16.3. The van der Waals surface area contributed by atoms with Crippen molar-refractivity contribution in [3.8, 4) is 0 Å². The fourth-order valence-electron chi connectivity index (χ4n) is 3.10. The first kappa shape index (κ1) is 12.5. The van der Waals surface area contributed by atoms with Gasteiger partial charge in [0.15, 0.2) is 0 Å². The molecule has 3 rings (SSSR count). The van der Waals surface area contributed by atoms with E-state index in [2.05, 4.69) is 54.4 Å². The van der Waals surface area contributed by atoms with Gasteiger partial charge in [-0.15, -0.1) is 0 Å². The van der Waals surface area contributed by atoms with Crippen molar-refractivity contribution in [3.63, 3.8) is 0 Å². The number of benzene rings is 2. The van der Waals surface area contributed by atoms with E-state index in [9.17, 15) is 0 Å². The molecule has 2 heteroatoms. The van der Waals surface area contributed by atoms with Crippen LogP contribution < -0.4 is 10.6 Å². The fraction of sp³-hybridized carbons (Fsp3) is 0.412. The van der Waals surface area contributed by atoms with Gasteiger partial charge in [-0.2, -0.15) is 0 Å². The second kappa shape index (κ2) is 5.22. The van der Waals surface area contributed by atoms with E-state index in [1.54, 1.807) is 0 Å². The average molecular weight is 254 g/mol. The lowest BCUT2D eigenvalue weighted by Gasteiger charge is -2.35. The molecule has 0 aliphatic heterocycles. The van der Waals surface area contributed by atoms with Gasteiger partial charge in [0, 0.05) is 24.8 Å². The van der Waals surface area contributed by atoms with Gasteiger partial charge in [0.2, 0.25) is 0 Å². The summed E-state index contributed by atoms with van der Waals surface area (Å²) in [4.78, 5) is 2.43. The minimum absolute atomic E-state index is 0.418. The average Bonchev–Trinajstić information content (AvgIpc) is 2.47. The van der Waals surface area contributed by atoms with Crippen molar-refractivity contribution in [1.82, 2.24) is 0 Å². The zero-order chi connectivity index (χ0) is 13.2. The summed E-state index contributed by atoms with van der Waals surface area (Å²) in [5, 5.41) is 2.63. The van der Waals surface area contributed by atoms with Crippen molar-refractivity contribution in [2.24, 2.45) is 5.73 Å². The van der Waals surface area contributed by atoms with E-state index in [4.69, 9.17) is 5.73 Å². The lowest BCUT2D eigenvalue weighted by molar-refractivity contribution is 0.385. The van der Waals surface area contributed by atoms with Crippen LogP contribution >= 0.6 is 0 Å². The maximum atomic E-state index is 5.99. The summed E-state index contributed by atoms with van der Waals surface area (Å²) in [5.41, 5.74) is 7.31. The van der Waals surface area contributed by atoms with Crippen LogP contribution in [-0.2, 0) is 0 Å². The molecule has 1 aliphatic carbocycles. The maximum absolute atomic E-state index is 5.99. The lowest BCUT2D eigenvalue weighted by Crippen LogP contribution is -2.38. The number of nitrogens with two attached hydrogens (primary N) is 1. The molecular formula is C17H22N2. The first-order valence-electron chi connectivity index (χ1n) is 7.21. The number of nitrogens with zero attached hydrogens (tertiary/aromatic N) is 1.